The molecule has 5 heteroatoms. The normalized spacial score (nSPS) is 23.8. The van der Waals surface area contributed by atoms with E-state index in [0.29, 0.717) is 5.56 Å². The van der Waals surface area contributed by atoms with Gasteiger partial charge in [0.1, 0.15) is 11.9 Å². The summed E-state index contributed by atoms with van der Waals surface area (Å²) in [5.74, 6) is 0.780. The van der Waals surface area contributed by atoms with Crippen molar-refractivity contribution < 1.29 is 5.11 Å². The molecule has 0 radical (unpaired) electrons. The minimum Gasteiger partial charge on any atom is -0.387 e. The van der Waals surface area contributed by atoms with Crippen molar-refractivity contribution in [2.75, 3.05) is 31.1 Å². The second kappa shape index (κ2) is 6.83. The summed E-state index contributed by atoms with van der Waals surface area (Å²) in [6.45, 7) is 3.54. The van der Waals surface area contributed by atoms with Gasteiger partial charge in [-0.3, -0.25) is 4.90 Å². The number of hydrogen-bond donors (Lipinski definition) is 1. The standard InChI is InChI=1S/C20H22N4O/c21-14-16-6-3-8-22-20(16)24-10-4-9-23(11-12-24)18-13-15-5-1-2-7-17(15)19(18)25/h1-3,5-8,18-19,25H,4,9-13H2/t18-,19+/m0/s1. The first-order valence-electron chi connectivity index (χ1n) is 8.88. The van der Waals surface area contributed by atoms with E-state index < -0.39 is 6.10 Å². The second-order valence-electron chi connectivity index (χ2n) is 6.78. The van der Waals surface area contributed by atoms with Crippen LogP contribution in [0.1, 0.15) is 29.2 Å². The van der Waals surface area contributed by atoms with Crippen molar-refractivity contribution in [3.63, 3.8) is 0 Å². The van der Waals surface area contributed by atoms with E-state index in [1.54, 1.807) is 12.3 Å². The predicted octanol–water partition coefficient (Wildman–Crippen LogP) is 2.12. The lowest BCUT2D eigenvalue weighted by Crippen LogP contribution is -2.41. The third-order valence-corrected chi connectivity index (χ3v) is 5.37. The minimum absolute atomic E-state index is 0.150. The molecule has 1 aliphatic heterocycles. The molecule has 0 bridgehead atoms. The molecule has 1 saturated heterocycles. The van der Waals surface area contributed by atoms with Crippen LogP contribution in [0.4, 0.5) is 5.82 Å². The van der Waals surface area contributed by atoms with Crippen LogP contribution in [0, 0.1) is 11.3 Å². The molecule has 5 nitrogen and oxygen atoms in total. The molecule has 1 aromatic heterocycles. The molecular formula is C20H22N4O. The Morgan fingerprint density at radius 1 is 1.08 bits per heavy atom. The Kier molecular flexibility index (Phi) is 4.39. The zero-order valence-corrected chi connectivity index (χ0v) is 14.2. The van der Waals surface area contributed by atoms with Gasteiger partial charge in [0.05, 0.1) is 11.7 Å². The number of pyridine rings is 1. The van der Waals surface area contributed by atoms with Crippen LogP contribution in [-0.4, -0.2) is 47.2 Å². The fraction of sp³-hybridized carbons (Fsp3) is 0.400. The molecule has 2 atom stereocenters. The van der Waals surface area contributed by atoms with E-state index in [4.69, 9.17) is 0 Å². The van der Waals surface area contributed by atoms with Crippen LogP contribution < -0.4 is 4.90 Å². The molecule has 0 saturated carbocycles. The lowest BCUT2D eigenvalue weighted by molar-refractivity contribution is 0.0647. The molecule has 0 spiro atoms. The number of rotatable bonds is 2. The van der Waals surface area contributed by atoms with Crippen LogP contribution in [0.5, 0.6) is 0 Å². The van der Waals surface area contributed by atoms with Gasteiger partial charge in [-0.15, -0.1) is 0 Å². The number of nitriles is 1. The van der Waals surface area contributed by atoms with Gasteiger partial charge in [-0.1, -0.05) is 24.3 Å². The van der Waals surface area contributed by atoms with Crippen LogP contribution in [0.15, 0.2) is 42.6 Å². The molecule has 1 aromatic carbocycles. The zero-order chi connectivity index (χ0) is 17.2. The third-order valence-electron chi connectivity index (χ3n) is 5.37. The number of anilines is 1. The lowest BCUT2D eigenvalue weighted by atomic mass is 10.1. The van der Waals surface area contributed by atoms with Crippen molar-refractivity contribution in [2.24, 2.45) is 0 Å². The molecule has 1 fully saturated rings. The van der Waals surface area contributed by atoms with Gasteiger partial charge in [0.2, 0.25) is 0 Å². The molecule has 1 N–H and O–H groups in total. The molecule has 2 heterocycles. The van der Waals surface area contributed by atoms with Gasteiger partial charge < -0.3 is 10.0 Å². The Bertz CT molecular complexity index is 800. The van der Waals surface area contributed by atoms with Crippen molar-refractivity contribution in [2.45, 2.75) is 25.0 Å². The summed E-state index contributed by atoms with van der Waals surface area (Å²) in [4.78, 5) is 9.02. The molecule has 0 amide bonds. The first-order chi connectivity index (χ1) is 12.3. The van der Waals surface area contributed by atoms with Crippen LogP contribution in [0.3, 0.4) is 0 Å². The van der Waals surface area contributed by atoms with Crippen LogP contribution in [0.25, 0.3) is 0 Å². The van der Waals surface area contributed by atoms with Gasteiger partial charge >= 0.3 is 0 Å². The molecule has 25 heavy (non-hydrogen) atoms. The molecule has 1 aliphatic carbocycles. The van der Waals surface area contributed by atoms with E-state index >= 15 is 0 Å². The van der Waals surface area contributed by atoms with Crippen LogP contribution >= 0.6 is 0 Å². The van der Waals surface area contributed by atoms with Gasteiger partial charge in [0, 0.05) is 38.4 Å². The SMILES string of the molecule is N#Cc1cccnc1N1CCCN([C@H]2Cc3ccccc3[C@H]2O)CC1. The highest BCUT2D eigenvalue weighted by Gasteiger charge is 2.35. The van der Waals surface area contributed by atoms with Gasteiger partial charge in [0.25, 0.3) is 0 Å². The number of aliphatic hydroxyl groups is 1. The predicted molar refractivity (Wildman–Crippen MR) is 96.2 cm³/mol. The Morgan fingerprint density at radius 2 is 1.96 bits per heavy atom. The van der Waals surface area contributed by atoms with E-state index in [1.807, 2.05) is 24.3 Å². The molecule has 128 valence electrons. The minimum atomic E-state index is -0.410. The van der Waals surface area contributed by atoms with Gasteiger partial charge in [-0.05, 0) is 36.1 Å². The van der Waals surface area contributed by atoms with Crippen LogP contribution in [-0.2, 0) is 6.42 Å². The third kappa shape index (κ3) is 2.99. The maximum absolute atomic E-state index is 10.7. The lowest BCUT2D eigenvalue weighted by Gasteiger charge is -2.30. The van der Waals surface area contributed by atoms with E-state index in [0.717, 1.165) is 50.4 Å². The maximum Gasteiger partial charge on any atom is 0.146 e. The van der Waals surface area contributed by atoms with E-state index in [9.17, 15) is 10.4 Å². The second-order valence-corrected chi connectivity index (χ2v) is 6.78. The number of nitrogens with zero attached hydrogens (tertiary/aromatic N) is 4. The summed E-state index contributed by atoms with van der Waals surface area (Å²) >= 11 is 0. The summed E-state index contributed by atoms with van der Waals surface area (Å²) < 4.78 is 0. The highest BCUT2D eigenvalue weighted by molar-refractivity contribution is 5.53. The van der Waals surface area contributed by atoms with E-state index in [1.165, 1.54) is 5.56 Å². The summed E-state index contributed by atoms with van der Waals surface area (Å²) in [6, 6.07) is 14.2. The summed E-state index contributed by atoms with van der Waals surface area (Å²) in [7, 11) is 0. The molecule has 0 unspecified atom stereocenters. The first-order valence-corrected chi connectivity index (χ1v) is 8.88. The Morgan fingerprint density at radius 3 is 2.80 bits per heavy atom. The van der Waals surface area contributed by atoms with Crippen molar-refractivity contribution in [3.8, 4) is 6.07 Å². The van der Waals surface area contributed by atoms with Gasteiger partial charge in [-0.2, -0.15) is 5.26 Å². The fourth-order valence-electron chi connectivity index (χ4n) is 4.10. The maximum atomic E-state index is 10.7. The number of benzene rings is 1. The zero-order valence-electron chi connectivity index (χ0n) is 14.2. The monoisotopic (exact) mass is 334 g/mol. The molecule has 2 aliphatic rings. The molecule has 2 aromatic rings. The molecule has 4 rings (SSSR count). The summed E-state index contributed by atoms with van der Waals surface area (Å²) in [5.41, 5.74) is 2.96. The summed E-state index contributed by atoms with van der Waals surface area (Å²) in [5, 5.41) is 20.1. The van der Waals surface area contributed by atoms with Crippen molar-refractivity contribution in [1.29, 1.82) is 5.26 Å². The molecular weight excluding hydrogens is 312 g/mol. The fourth-order valence-corrected chi connectivity index (χ4v) is 4.10. The highest BCUT2D eigenvalue weighted by atomic mass is 16.3. The summed E-state index contributed by atoms with van der Waals surface area (Å²) in [6.07, 6.45) is 3.24. The van der Waals surface area contributed by atoms with Crippen LogP contribution in [0.2, 0.25) is 0 Å². The average molecular weight is 334 g/mol. The number of fused-ring (bicyclic) bond motifs is 1. The first kappa shape index (κ1) is 16.1. The van der Waals surface area contributed by atoms with Gasteiger partial charge in [0.15, 0.2) is 0 Å². The van der Waals surface area contributed by atoms with E-state index in [-0.39, 0.29) is 6.04 Å². The van der Waals surface area contributed by atoms with E-state index in [2.05, 4.69) is 26.9 Å². The smallest absolute Gasteiger partial charge is 0.146 e. The topological polar surface area (TPSA) is 63.4 Å². The number of aliphatic hydroxyl groups excluding tert-OH is 1. The van der Waals surface area contributed by atoms with Crippen molar-refractivity contribution in [3.05, 3.63) is 59.3 Å². The largest absolute Gasteiger partial charge is 0.387 e. The quantitative estimate of drug-likeness (QED) is 0.911. The van der Waals surface area contributed by atoms with Crippen molar-refractivity contribution >= 4 is 5.82 Å². The highest BCUT2D eigenvalue weighted by Crippen LogP contribution is 2.34. The van der Waals surface area contributed by atoms with Crippen molar-refractivity contribution in [1.82, 2.24) is 9.88 Å². The Balaban J connectivity index is 1.49. The average Bonchev–Trinajstić information content (AvgIpc) is 2.84. The Labute approximate surface area is 148 Å². The number of hydrogen-bond acceptors (Lipinski definition) is 5. The number of aromatic nitrogens is 1. The Hall–Kier alpha value is -2.42. The van der Waals surface area contributed by atoms with Gasteiger partial charge in [-0.25, -0.2) is 4.98 Å².